The maximum Gasteiger partial charge on any atom is 0.164 e. The summed E-state index contributed by atoms with van der Waals surface area (Å²) >= 11 is 0. The largest absolute Gasteiger partial charge is 0.311 e. The molecule has 4 heteroatoms. The van der Waals surface area contributed by atoms with Crippen LogP contribution in [0.2, 0.25) is 0 Å². The van der Waals surface area contributed by atoms with Gasteiger partial charge < -0.3 is 4.57 Å². The zero-order chi connectivity index (χ0) is 20.2. The van der Waals surface area contributed by atoms with E-state index in [9.17, 15) is 0 Å². The van der Waals surface area contributed by atoms with Crippen molar-refractivity contribution >= 4 is 23.3 Å². The zero-order valence-electron chi connectivity index (χ0n) is 16.4. The van der Waals surface area contributed by atoms with Crippen molar-refractivity contribution in [2.45, 2.75) is 6.54 Å². The lowest BCUT2D eigenvalue weighted by atomic mass is 10.2. The van der Waals surface area contributed by atoms with Crippen LogP contribution in [0, 0.1) is 0 Å². The number of rotatable bonds is 5. The van der Waals surface area contributed by atoms with Crippen LogP contribution in [0.25, 0.3) is 34.7 Å². The Bertz CT molecular complexity index is 1290. The third-order valence-electron chi connectivity index (χ3n) is 4.95. The van der Waals surface area contributed by atoms with Crippen LogP contribution in [0.5, 0.6) is 0 Å². The van der Waals surface area contributed by atoms with Crippen LogP contribution in [0.4, 0.5) is 0 Å². The minimum Gasteiger partial charge on any atom is -0.311 e. The van der Waals surface area contributed by atoms with Gasteiger partial charge in [0.1, 0.15) is 5.52 Å². The summed E-state index contributed by atoms with van der Waals surface area (Å²) in [5.41, 5.74) is 5.77. The number of hydrogen-bond acceptors (Lipinski definition) is 3. The molecule has 5 aromatic rings. The van der Waals surface area contributed by atoms with Crippen molar-refractivity contribution in [1.82, 2.24) is 19.5 Å². The summed E-state index contributed by atoms with van der Waals surface area (Å²) in [5.74, 6) is 0.700. The van der Waals surface area contributed by atoms with Gasteiger partial charge in [0.05, 0.1) is 18.6 Å². The van der Waals surface area contributed by atoms with Crippen LogP contribution in [0.15, 0.2) is 97.3 Å². The quantitative estimate of drug-likeness (QED) is 0.387. The molecule has 0 fully saturated rings. The molecule has 0 atom stereocenters. The third-order valence-corrected chi connectivity index (χ3v) is 4.95. The molecule has 144 valence electrons. The fourth-order valence-electron chi connectivity index (χ4n) is 3.43. The fourth-order valence-corrected chi connectivity index (χ4v) is 3.43. The summed E-state index contributed by atoms with van der Waals surface area (Å²) < 4.78 is 2.08. The Morgan fingerprint density at radius 3 is 2.10 bits per heavy atom. The maximum absolute atomic E-state index is 4.87. The minimum atomic E-state index is 0.700. The number of aromatic nitrogens is 4. The average Bonchev–Trinajstić information content (AvgIpc) is 3.22. The lowest BCUT2D eigenvalue weighted by Crippen LogP contribution is -2.01. The minimum absolute atomic E-state index is 0.700. The smallest absolute Gasteiger partial charge is 0.164 e. The Morgan fingerprint density at radius 2 is 1.37 bits per heavy atom. The van der Waals surface area contributed by atoms with Gasteiger partial charge in [0.25, 0.3) is 0 Å². The van der Waals surface area contributed by atoms with Crippen molar-refractivity contribution in [1.29, 1.82) is 0 Å². The SMILES string of the molecule is C(=C\c1nc(-c2ccccc2)nc2c1ncn2Cc1ccccc1)/c1ccccc1. The Hall–Kier alpha value is -4.05. The van der Waals surface area contributed by atoms with Crippen molar-refractivity contribution in [3.8, 4) is 11.4 Å². The molecule has 0 saturated heterocycles. The number of fused-ring (bicyclic) bond motifs is 1. The van der Waals surface area contributed by atoms with Crippen LogP contribution >= 0.6 is 0 Å². The van der Waals surface area contributed by atoms with Crippen molar-refractivity contribution in [2.75, 3.05) is 0 Å². The highest BCUT2D eigenvalue weighted by atomic mass is 15.1. The molecule has 2 aromatic heterocycles. The number of benzene rings is 3. The van der Waals surface area contributed by atoms with E-state index in [1.165, 1.54) is 5.56 Å². The van der Waals surface area contributed by atoms with E-state index in [4.69, 9.17) is 9.97 Å². The van der Waals surface area contributed by atoms with Crippen LogP contribution in [-0.2, 0) is 6.54 Å². The Balaban J connectivity index is 1.63. The first-order valence-corrected chi connectivity index (χ1v) is 9.92. The first kappa shape index (κ1) is 18.0. The van der Waals surface area contributed by atoms with E-state index < -0.39 is 0 Å². The van der Waals surface area contributed by atoms with Gasteiger partial charge in [-0.15, -0.1) is 0 Å². The van der Waals surface area contributed by atoms with Gasteiger partial charge in [-0.2, -0.15) is 0 Å². The molecule has 4 nitrogen and oxygen atoms in total. The van der Waals surface area contributed by atoms with Gasteiger partial charge in [0.2, 0.25) is 0 Å². The molecule has 0 N–H and O–H groups in total. The molecule has 0 aliphatic carbocycles. The molecule has 2 heterocycles. The molecule has 5 rings (SSSR count). The first-order chi connectivity index (χ1) is 14.9. The molecule has 0 bridgehead atoms. The second-order valence-electron chi connectivity index (χ2n) is 7.07. The van der Waals surface area contributed by atoms with Crippen molar-refractivity contribution in [3.63, 3.8) is 0 Å². The molecule has 0 unspecified atom stereocenters. The molecule has 0 radical (unpaired) electrons. The number of nitrogens with zero attached hydrogens (tertiary/aromatic N) is 4. The van der Waals surface area contributed by atoms with Crippen LogP contribution < -0.4 is 0 Å². The second-order valence-corrected chi connectivity index (χ2v) is 7.07. The average molecular weight is 388 g/mol. The highest BCUT2D eigenvalue weighted by Gasteiger charge is 2.13. The Labute approximate surface area is 175 Å². The van der Waals surface area contributed by atoms with E-state index in [1.807, 2.05) is 79.1 Å². The summed E-state index contributed by atoms with van der Waals surface area (Å²) in [6, 6.07) is 30.6. The van der Waals surface area contributed by atoms with E-state index in [-0.39, 0.29) is 0 Å². The maximum atomic E-state index is 4.87. The molecular formula is C26H20N4. The summed E-state index contributed by atoms with van der Waals surface area (Å²) in [6.45, 7) is 0.713. The Kier molecular flexibility index (Phi) is 4.88. The topological polar surface area (TPSA) is 43.6 Å². The summed E-state index contributed by atoms with van der Waals surface area (Å²) in [6.07, 6.45) is 5.93. The van der Waals surface area contributed by atoms with Gasteiger partial charge in [-0.3, -0.25) is 0 Å². The standard InChI is InChI=1S/C26H20N4/c1-4-10-20(11-5-1)16-17-23-24-26(29-25(28-23)22-14-8-3-9-15-22)30(19-27-24)18-21-12-6-2-7-13-21/h1-17,19H,18H2/b17-16+. The summed E-state index contributed by atoms with van der Waals surface area (Å²) in [5, 5.41) is 0. The van der Waals surface area contributed by atoms with E-state index in [0.717, 1.165) is 28.0 Å². The highest BCUT2D eigenvalue weighted by Crippen LogP contribution is 2.23. The lowest BCUT2D eigenvalue weighted by Gasteiger charge is -2.07. The molecule has 0 spiro atoms. The lowest BCUT2D eigenvalue weighted by molar-refractivity contribution is 0.813. The first-order valence-electron chi connectivity index (χ1n) is 9.92. The fraction of sp³-hybridized carbons (Fsp3) is 0.0385. The normalized spacial score (nSPS) is 11.3. The number of imidazole rings is 1. The third kappa shape index (κ3) is 3.76. The van der Waals surface area contributed by atoms with Crippen LogP contribution in [0.1, 0.15) is 16.8 Å². The molecule has 30 heavy (non-hydrogen) atoms. The number of hydrogen-bond donors (Lipinski definition) is 0. The Morgan fingerprint density at radius 1 is 0.700 bits per heavy atom. The molecule has 0 aliphatic rings. The molecular weight excluding hydrogens is 368 g/mol. The monoisotopic (exact) mass is 388 g/mol. The van der Waals surface area contributed by atoms with Gasteiger partial charge >= 0.3 is 0 Å². The summed E-state index contributed by atoms with van der Waals surface area (Å²) in [7, 11) is 0. The summed E-state index contributed by atoms with van der Waals surface area (Å²) in [4.78, 5) is 14.4. The predicted octanol–water partition coefficient (Wildman–Crippen LogP) is 5.71. The van der Waals surface area contributed by atoms with Crippen molar-refractivity contribution < 1.29 is 0 Å². The second kappa shape index (κ2) is 8.13. The van der Waals surface area contributed by atoms with Gasteiger partial charge in [0, 0.05) is 5.56 Å². The van der Waals surface area contributed by atoms with Gasteiger partial charge in [-0.05, 0) is 17.2 Å². The van der Waals surface area contributed by atoms with Crippen LogP contribution in [0.3, 0.4) is 0 Å². The molecule has 0 amide bonds. The van der Waals surface area contributed by atoms with Gasteiger partial charge in [-0.1, -0.05) is 97.1 Å². The molecule has 0 aliphatic heterocycles. The van der Waals surface area contributed by atoms with E-state index in [1.54, 1.807) is 0 Å². The van der Waals surface area contributed by atoms with Gasteiger partial charge in [-0.25, -0.2) is 15.0 Å². The van der Waals surface area contributed by atoms with Gasteiger partial charge in [0.15, 0.2) is 11.5 Å². The highest BCUT2D eigenvalue weighted by molar-refractivity contribution is 5.85. The predicted molar refractivity (Wildman–Crippen MR) is 122 cm³/mol. The van der Waals surface area contributed by atoms with Crippen molar-refractivity contribution in [2.24, 2.45) is 0 Å². The van der Waals surface area contributed by atoms with Crippen molar-refractivity contribution in [3.05, 3.63) is 114 Å². The van der Waals surface area contributed by atoms with E-state index >= 15 is 0 Å². The van der Waals surface area contributed by atoms with E-state index in [0.29, 0.717) is 12.4 Å². The van der Waals surface area contributed by atoms with Crippen LogP contribution in [-0.4, -0.2) is 19.5 Å². The zero-order valence-corrected chi connectivity index (χ0v) is 16.4. The molecule has 0 saturated carbocycles. The van der Waals surface area contributed by atoms with E-state index in [2.05, 4.69) is 39.9 Å². The molecule has 3 aromatic carbocycles.